The van der Waals surface area contributed by atoms with E-state index in [9.17, 15) is 14.4 Å². The predicted molar refractivity (Wildman–Crippen MR) is 173 cm³/mol. The van der Waals surface area contributed by atoms with Crippen molar-refractivity contribution in [2.24, 2.45) is 5.92 Å². The molecule has 3 heterocycles. The van der Waals surface area contributed by atoms with Crippen LogP contribution in [0, 0.1) is 5.92 Å². The van der Waals surface area contributed by atoms with Gasteiger partial charge in [0.05, 0.1) is 18.5 Å². The first-order chi connectivity index (χ1) is 21.4. The van der Waals surface area contributed by atoms with E-state index in [0.29, 0.717) is 53.8 Å². The van der Waals surface area contributed by atoms with Gasteiger partial charge in [0.1, 0.15) is 5.75 Å². The smallest absolute Gasteiger partial charge is 0.323 e. The van der Waals surface area contributed by atoms with Crippen LogP contribution in [0.15, 0.2) is 89.7 Å². The van der Waals surface area contributed by atoms with E-state index in [1.54, 1.807) is 49.6 Å². The van der Waals surface area contributed by atoms with Crippen molar-refractivity contribution in [1.29, 1.82) is 0 Å². The minimum Gasteiger partial charge on any atom is -0.497 e. The lowest BCUT2D eigenvalue weighted by molar-refractivity contribution is 0.0954. The summed E-state index contributed by atoms with van der Waals surface area (Å²) in [5.74, 6) is 0.868. The van der Waals surface area contributed by atoms with E-state index in [2.05, 4.69) is 20.9 Å². The number of rotatable bonds is 8. The van der Waals surface area contributed by atoms with Gasteiger partial charge >= 0.3 is 6.03 Å². The van der Waals surface area contributed by atoms with Crippen molar-refractivity contribution in [1.82, 2.24) is 9.88 Å². The molecule has 6 rings (SSSR count). The SMILES string of the molecule is COc1cccc(NC(=O)Nc2cc(C(=O)NCCc3ccc(Cl)cc3)ccc2N2C[C@H]3C[C@@H](C2)c2cccc(=O)n2C3)c1. The van der Waals surface area contributed by atoms with Gasteiger partial charge in [-0.05, 0) is 72.9 Å². The molecule has 4 aromatic rings. The largest absolute Gasteiger partial charge is 0.497 e. The summed E-state index contributed by atoms with van der Waals surface area (Å²) < 4.78 is 7.18. The lowest BCUT2D eigenvalue weighted by atomic mass is 9.83. The molecular weight excluding hydrogens is 578 g/mol. The summed E-state index contributed by atoms with van der Waals surface area (Å²) in [5.41, 5.74) is 4.52. The second-order valence-electron chi connectivity index (χ2n) is 11.3. The normalized spacial score (nSPS) is 16.9. The number of methoxy groups -OCH3 is 1. The minimum atomic E-state index is -0.436. The number of ether oxygens (including phenoxy) is 1. The summed E-state index contributed by atoms with van der Waals surface area (Å²) in [6, 6.07) is 25.1. The number of carbonyl (C=O) groups is 2. The Morgan fingerprint density at radius 1 is 0.932 bits per heavy atom. The highest BCUT2D eigenvalue weighted by atomic mass is 35.5. The summed E-state index contributed by atoms with van der Waals surface area (Å²) in [4.78, 5) is 41.2. The number of amides is 3. The molecule has 1 saturated heterocycles. The van der Waals surface area contributed by atoms with Gasteiger partial charge in [-0.15, -0.1) is 0 Å². The number of urea groups is 1. The van der Waals surface area contributed by atoms with Gasteiger partial charge in [0.2, 0.25) is 0 Å². The Labute approximate surface area is 260 Å². The molecule has 2 atom stereocenters. The number of carbonyl (C=O) groups excluding carboxylic acids is 2. The molecule has 2 aliphatic rings. The van der Waals surface area contributed by atoms with Crippen molar-refractivity contribution in [2.45, 2.75) is 25.3 Å². The zero-order valence-corrected chi connectivity index (χ0v) is 25.1. The number of aromatic nitrogens is 1. The molecule has 226 valence electrons. The van der Waals surface area contributed by atoms with E-state index in [1.165, 1.54) is 0 Å². The molecule has 0 saturated carbocycles. The quantitative estimate of drug-likeness (QED) is 0.235. The number of hydrogen-bond acceptors (Lipinski definition) is 5. The average Bonchev–Trinajstić information content (AvgIpc) is 3.02. The van der Waals surface area contributed by atoms with E-state index in [1.807, 2.05) is 47.0 Å². The predicted octanol–water partition coefficient (Wildman–Crippen LogP) is 5.75. The fraction of sp³-hybridized carbons (Fsp3) is 0.265. The van der Waals surface area contributed by atoms with Crippen LogP contribution in [0.4, 0.5) is 21.9 Å². The maximum absolute atomic E-state index is 13.2. The van der Waals surface area contributed by atoms with E-state index >= 15 is 0 Å². The van der Waals surface area contributed by atoms with Crippen molar-refractivity contribution >= 4 is 40.6 Å². The fourth-order valence-corrected chi connectivity index (χ4v) is 6.33. The Kier molecular flexibility index (Phi) is 8.56. The van der Waals surface area contributed by atoms with Gasteiger partial charge in [0.15, 0.2) is 0 Å². The molecule has 0 unspecified atom stereocenters. The zero-order chi connectivity index (χ0) is 30.6. The van der Waals surface area contributed by atoms with E-state index in [0.717, 1.165) is 29.9 Å². The highest BCUT2D eigenvalue weighted by molar-refractivity contribution is 6.30. The van der Waals surface area contributed by atoms with Crippen LogP contribution in [0.1, 0.15) is 34.0 Å². The lowest BCUT2D eigenvalue weighted by Gasteiger charge is -2.44. The molecule has 0 aliphatic carbocycles. The molecule has 2 aliphatic heterocycles. The van der Waals surface area contributed by atoms with Crippen molar-refractivity contribution in [3.05, 3.63) is 117 Å². The molecule has 44 heavy (non-hydrogen) atoms. The van der Waals surface area contributed by atoms with Crippen LogP contribution in [0.3, 0.4) is 0 Å². The van der Waals surface area contributed by atoms with Gasteiger partial charge in [-0.3, -0.25) is 9.59 Å². The van der Waals surface area contributed by atoms with Crippen molar-refractivity contribution in [3.63, 3.8) is 0 Å². The number of hydrogen-bond donors (Lipinski definition) is 3. The molecule has 0 radical (unpaired) electrons. The summed E-state index contributed by atoms with van der Waals surface area (Å²) in [6.45, 7) is 2.54. The fourth-order valence-electron chi connectivity index (χ4n) is 6.21. The first-order valence-corrected chi connectivity index (χ1v) is 15.1. The summed E-state index contributed by atoms with van der Waals surface area (Å²) in [7, 11) is 1.57. The first kappa shape index (κ1) is 29.3. The van der Waals surface area contributed by atoms with E-state index < -0.39 is 6.03 Å². The molecule has 3 amide bonds. The van der Waals surface area contributed by atoms with Gasteiger partial charge in [0.25, 0.3) is 11.5 Å². The Bertz CT molecular complexity index is 1740. The van der Waals surface area contributed by atoms with E-state index in [-0.39, 0.29) is 23.3 Å². The zero-order valence-electron chi connectivity index (χ0n) is 24.4. The highest BCUT2D eigenvalue weighted by Crippen LogP contribution is 2.39. The van der Waals surface area contributed by atoms with Crippen molar-refractivity contribution < 1.29 is 14.3 Å². The van der Waals surface area contributed by atoms with Gasteiger partial charge in [-0.25, -0.2) is 4.79 Å². The molecule has 1 fully saturated rings. The number of fused-ring (bicyclic) bond motifs is 4. The monoisotopic (exact) mass is 611 g/mol. The minimum absolute atomic E-state index is 0.0358. The second kappa shape index (κ2) is 12.9. The van der Waals surface area contributed by atoms with Gasteiger partial charge < -0.3 is 30.2 Å². The molecule has 3 aromatic carbocycles. The van der Waals surface area contributed by atoms with Crippen LogP contribution in [0.25, 0.3) is 0 Å². The molecular formula is C34H34ClN5O4. The molecule has 2 bridgehead atoms. The summed E-state index contributed by atoms with van der Waals surface area (Å²) >= 11 is 5.98. The van der Waals surface area contributed by atoms with Crippen LogP contribution in [0.5, 0.6) is 5.75 Å². The maximum Gasteiger partial charge on any atom is 0.323 e. The second-order valence-corrected chi connectivity index (χ2v) is 11.7. The first-order valence-electron chi connectivity index (χ1n) is 14.7. The van der Waals surface area contributed by atoms with Crippen LogP contribution >= 0.6 is 11.6 Å². The van der Waals surface area contributed by atoms with Crippen LogP contribution in [-0.2, 0) is 13.0 Å². The molecule has 10 heteroatoms. The van der Waals surface area contributed by atoms with Gasteiger partial charge in [-0.2, -0.15) is 0 Å². The Morgan fingerprint density at radius 3 is 2.57 bits per heavy atom. The Balaban J connectivity index is 1.23. The number of anilines is 3. The van der Waals surface area contributed by atoms with E-state index in [4.69, 9.17) is 16.3 Å². The van der Waals surface area contributed by atoms with Gasteiger partial charge in [-0.1, -0.05) is 35.9 Å². The third-order valence-corrected chi connectivity index (χ3v) is 8.52. The topological polar surface area (TPSA) is 105 Å². The number of piperidine rings is 1. The number of nitrogens with one attached hydrogen (secondary N) is 3. The van der Waals surface area contributed by atoms with Crippen LogP contribution in [-0.4, -0.2) is 43.2 Å². The third kappa shape index (κ3) is 6.58. The molecule has 9 nitrogen and oxygen atoms in total. The van der Waals surface area contributed by atoms with Crippen molar-refractivity contribution in [3.8, 4) is 5.75 Å². The number of pyridine rings is 1. The van der Waals surface area contributed by atoms with Crippen LogP contribution in [0.2, 0.25) is 5.02 Å². The highest BCUT2D eigenvalue weighted by Gasteiger charge is 2.35. The van der Waals surface area contributed by atoms with Crippen LogP contribution < -0.4 is 31.1 Å². The number of nitrogens with zero attached hydrogens (tertiary/aromatic N) is 2. The van der Waals surface area contributed by atoms with Crippen molar-refractivity contribution in [2.75, 3.05) is 42.3 Å². The molecule has 1 aromatic heterocycles. The third-order valence-electron chi connectivity index (χ3n) is 8.27. The molecule has 0 spiro atoms. The number of halogens is 1. The standard InChI is InChI=1S/C34H34ClN5O4/c1-44-28-5-2-4-27(18-28)37-34(43)38-29-17-24(33(42)36-15-14-22-8-11-26(35)12-9-22)10-13-31(29)39-19-23-16-25(21-39)30-6-3-7-32(41)40(30)20-23/h2-13,17-18,23,25H,14-16,19-21H2,1H3,(H,36,42)(H2,37,38,43)/t23-,25+/m1/s1. The Morgan fingerprint density at radius 2 is 1.75 bits per heavy atom. The average molecular weight is 612 g/mol. The molecule has 3 N–H and O–H groups in total. The number of benzene rings is 3. The Hall–Kier alpha value is -4.76. The lowest BCUT2D eigenvalue weighted by Crippen LogP contribution is -2.47. The summed E-state index contributed by atoms with van der Waals surface area (Å²) in [5, 5.41) is 9.51. The maximum atomic E-state index is 13.2. The van der Waals surface area contributed by atoms with Gasteiger partial charge in [0, 0.05) is 66.2 Å². The summed E-state index contributed by atoms with van der Waals surface area (Å²) in [6.07, 6.45) is 1.67.